The van der Waals surface area contributed by atoms with E-state index in [-0.39, 0.29) is 5.97 Å². The van der Waals surface area contributed by atoms with E-state index >= 15 is 0 Å². The molecule has 0 bridgehead atoms. The summed E-state index contributed by atoms with van der Waals surface area (Å²) < 4.78 is 4.98. The first-order valence-corrected chi connectivity index (χ1v) is 7.70. The van der Waals surface area contributed by atoms with Crippen molar-refractivity contribution < 1.29 is 9.53 Å². The highest BCUT2D eigenvalue weighted by molar-refractivity contribution is 5.90. The predicted molar refractivity (Wildman–Crippen MR) is 94.4 cm³/mol. The SMILES string of the molecule is CCCOC(=O)/C=C/c1ccc(/C(C#N)=C/c2ccncc2)cc1. The highest BCUT2D eigenvalue weighted by atomic mass is 16.5. The number of esters is 1. The van der Waals surface area contributed by atoms with Crippen molar-refractivity contribution in [2.75, 3.05) is 6.61 Å². The number of pyridine rings is 1. The van der Waals surface area contributed by atoms with Gasteiger partial charge in [-0.15, -0.1) is 0 Å². The van der Waals surface area contributed by atoms with Crippen LogP contribution in [0.4, 0.5) is 0 Å². The molecule has 2 aromatic rings. The summed E-state index contributed by atoms with van der Waals surface area (Å²) in [5.41, 5.74) is 3.18. The van der Waals surface area contributed by atoms with Gasteiger partial charge in [0, 0.05) is 18.5 Å². The fourth-order valence-electron chi connectivity index (χ4n) is 2.00. The number of rotatable bonds is 6. The van der Waals surface area contributed by atoms with Crippen molar-refractivity contribution in [2.24, 2.45) is 0 Å². The molecule has 1 heterocycles. The van der Waals surface area contributed by atoms with Gasteiger partial charge in [0.2, 0.25) is 0 Å². The summed E-state index contributed by atoms with van der Waals surface area (Å²) in [6, 6.07) is 13.3. The van der Waals surface area contributed by atoms with E-state index < -0.39 is 0 Å². The number of nitriles is 1. The van der Waals surface area contributed by atoms with Crippen molar-refractivity contribution in [3.63, 3.8) is 0 Å². The number of carbonyl (C=O) groups is 1. The van der Waals surface area contributed by atoms with Crippen LogP contribution in [0.2, 0.25) is 0 Å². The van der Waals surface area contributed by atoms with Crippen LogP contribution in [0.25, 0.3) is 17.7 Å². The van der Waals surface area contributed by atoms with Crippen molar-refractivity contribution in [1.29, 1.82) is 5.26 Å². The second kappa shape index (κ2) is 9.06. The topological polar surface area (TPSA) is 63.0 Å². The molecule has 0 spiro atoms. The molecule has 120 valence electrons. The van der Waals surface area contributed by atoms with Crippen molar-refractivity contribution in [1.82, 2.24) is 4.98 Å². The molecule has 0 radical (unpaired) electrons. The summed E-state index contributed by atoms with van der Waals surface area (Å²) in [6.45, 7) is 2.37. The molecule has 1 aromatic carbocycles. The maximum Gasteiger partial charge on any atom is 0.330 e. The van der Waals surface area contributed by atoms with Gasteiger partial charge in [0.25, 0.3) is 0 Å². The zero-order valence-corrected chi connectivity index (χ0v) is 13.5. The maximum absolute atomic E-state index is 11.4. The van der Waals surface area contributed by atoms with Crippen LogP contribution in [0.3, 0.4) is 0 Å². The van der Waals surface area contributed by atoms with Crippen LogP contribution in [0.15, 0.2) is 54.9 Å². The number of hydrogen-bond donors (Lipinski definition) is 0. The van der Waals surface area contributed by atoms with Gasteiger partial charge < -0.3 is 4.74 Å². The van der Waals surface area contributed by atoms with Crippen molar-refractivity contribution in [2.45, 2.75) is 13.3 Å². The van der Waals surface area contributed by atoms with Gasteiger partial charge >= 0.3 is 5.97 Å². The highest BCUT2D eigenvalue weighted by Gasteiger charge is 2.01. The van der Waals surface area contributed by atoms with E-state index in [4.69, 9.17) is 4.74 Å². The minimum absolute atomic E-state index is 0.351. The van der Waals surface area contributed by atoms with Gasteiger partial charge in [0.15, 0.2) is 0 Å². The zero-order chi connectivity index (χ0) is 17.2. The molecule has 0 aliphatic rings. The smallest absolute Gasteiger partial charge is 0.330 e. The Bertz CT molecular complexity index is 770. The average Bonchev–Trinajstić information content (AvgIpc) is 2.64. The molecule has 0 N–H and O–H groups in total. The molecule has 0 saturated carbocycles. The Labute approximate surface area is 141 Å². The van der Waals surface area contributed by atoms with Crippen LogP contribution in [0, 0.1) is 11.3 Å². The molecule has 0 aliphatic carbocycles. The third-order valence-electron chi connectivity index (χ3n) is 3.22. The van der Waals surface area contributed by atoms with Gasteiger partial charge in [-0.2, -0.15) is 5.26 Å². The molecule has 0 unspecified atom stereocenters. The molecule has 0 aliphatic heterocycles. The monoisotopic (exact) mass is 318 g/mol. The summed E-state index contributed by atoms with van der Waals surface area (Å²) in [6.07, 6.45) is 9.09. The number of hydrogen-bond acceptors (Lipinski definition) is 4. The number of nitrogens with zero attached hydrogens (tertiary/aromatic N) is 2. The Morgan fingerprint density at radius 3 is 2.50 bits per heavy atom. The molecule has 1 aromatic heterocycles. The molecule has 0 fully saturated rings. The van der Waals surface area contributed by atoms with Crippen molar-refractivity contribution in [3.8, 4) is 6.07 Å². The van der Waals surface area contributed by atoms with Crippen LogP contribution in [-0.2, 0) is 9.53 Å². The summed E-state index contributed by atoms with van der Waals surface area (Å²) in [4.78, 5) is 15.4. The number of allylic oxidation sites excluding steroid dienone is 1. The number of ether oxygens (including phenoxy) is 1. The number of aromatic nitrogens is 1. The van der Waals surface area contributed by atoms with E-state index in [1.165, 1.54) is 6.08 Å². The van der Waals surface area contributed by atoms with Crippen LogP contribution in [0.5, 0.6) is 0 Å². The molecule has 2 rings (SSSR count). The Balaban J connectivity index is 2.11. The minimum Gasteiger partial charge on any atom is -0.463 e. The van der Waals surface area contributed by atoms with Gasteiger partial charge in [-0.3, -0.25) is 4.98 Å². The molecule has 24 heavy (non-hydrogen) atoms. The predicted octanol–water partition coefficient (Wildman–Crippen LogP) is 4.11. The van der Waals surface area contributed by atoms with Crippen LogP contribution < -0.4 is 0 Å². The third kappa shape index (κ3) is 5.22. The van der Waals surface area contributed by atoms with E-state index in [0.29, 0.717) is 12.2 Å². The molecule has 0 atom stereocenters. The van der Waals surface area contributed by atoms with E-state index in [9.17, 15) is 10.1 Å². The van der Waals surface area contributed by atoms with Crippen molar-refractivity contribution in [3.05, 3.63) is 71.6 Å². The zero-order valence-electron chi connectivity index (χ0n) is 13.5. The standard InChI is InChI=1S/C20H18N2O2/c1-2-13-24-20(23)8-5-16-3-6-18(7-4-16)19(15-21)14-17-9-11-22-12-10-17/h3-12,14H,2,13H2,1H3/b8-5+,19-14+. The van der Waals surface area contributed by atoms with Gasteiger partial charge in [-0.05, 0) is 47.4 Å². The quantitative estimate of drug-likeness (QED) is 0.457. The fourth-order valence-corrected chi connectivity index (χ4v) is 2.00. The van der Waals surface area contributed by atoms with E-state index in [1.54, 1.807) is 18.5 Å². The first kappa shape index (κ1) is 17.2. The normalized spacial score (nSPS) is 11.2. The Kier molecular flexibility index (Phi) is 6.48. The summed E-state index contributed by atoms with van der Waals surface area (Å²) in [5, 5.41) is 9.36. The lowest BCUT2D eigenvalue weighted by molar-refractivity contribution is -0.137. The summed E-state index contributed by atoms with van der Waals surface area (Å²) >= 11 is 0. The number of carbonyl (C=O) groups excluding carboxylic acids is 1. The van der Waals surface area contributed by atoms with Crippen molar-refractivity contribution >= 4 is 23.7 Å². The van der Waals surface area contributed by atoms with Gasteiger partial charge in [0.05, 0.1) is 18.2 Å². The molecule has 0 amide bonds. The lowest BCUT2D eigenvalue weighted by atomic mass is 10.0. The highest BCUT2D eigenvalue weighted by Crippen LogP contribution is 2.18. The lowest BCUT2D eigenvalue weighted by Crippen LogP contribution is -2.00. The average molecular weight is 318 g/mol. The van der Waals surface area contributed by atoms with E-state index in [1.807, 2.05) is 49.4 Å². The van der Waals surface area contributed by atoms with Gasteiger partial charge in [-0.25, -0.2) is 4.79 Å². The number of benzene rings is 1. The molecule has 4 nitrogen and oxygen atoms in total. The van der Waals surface area contributed by atoms with Crippen LogP contribution >= 0.6 is 0 Å². The molecule has 0 saturated heterocycles. The second-order valence-corrected chi connectivity index (χ2v) is 5.07. The third-order valence-corrected chi connectivity index (χ3v) is 3.22. The Morgan fingerprint density at radius 1 is 1.17 bits per heavy atom. The lowest BCUT2D eigenvalue weighted by Gasteiger charge is -2.01. The molecular weight excluding hydrogens is 300 g/mol. The summed E-state index contributed by atoms with van der Waals surface area (Å²) in [7, 11) is 0. The van der Waals surface area contributed by atoms with Gasteiger partial charge in [-0.1, -0.05) is 31.2 Å². The largest absolute Gasteiger partial charge is 0.463 e. The Morgan fingerprint density at radius 2 is 1.88 bits per heavy atom. The van der Waals surface area contributed by atoms with Gasteiger partial charge in [0.1, 0.15) is 0 Å². The summed E-state index contributed by atoms with van der Waals surface area (Å²) in [5.74, 6) is -0.351. The fraction of sp³-hybridized carbons (Fsp3) is 0.150. The first-order valence-electron chi connectivity index (χ1n) is 7.70. The minimum atomic E-state index is -0.351. The first-order chi connectivity index (χ1) is 11.7. The molecular formula is C20H18N2O2. The second-order valence-electron chi connectivity index (χ2n) is 5.07. The maximum atomic E-state index is 11.4. The van der Waals surface area contributed by atoms with Crippen LogP contribution in [-0.4, -0.2) is 17.6 Å². The Hall–Kier alpha value is -3.19. The van der Waals surface area contributed by atoms with E-state index in [2.05, 4.69) is 11.1 Å². The van der Waals surface area contributed by atoms with E-state index in [0.717, 1.165) is 23.1 Å². The van der Waals surface area contributed by atoms with Crippen LogP contribution in [0.1, 0.15) is 30.0 Å². The molecule has 4 heteroatoms.